The Labute approximate surface area is 166 Å². The standard InChI is InChI=1S/C22H18BrFN2O/c23-18-9-10-20(19(24)13-18)25-22(27)17-7-5-15(6-8-17)14-26-12-11-16-3-1-2-4-21(16)26/h1-10,13H,11-12,14H2,(H,25,27). The Morgan fingerprint density at radius 3 is 2.63 bits per heavy atom. The molecule has 1 heterocycles. The van der Waals surface area contributed by atoms with Gasteiger partial charge in [0.25, 0.3) is 5.91 Å². The van der Waals surface area contributed by atoms with E-state index in [2.05, 4.69) is 50.4 Å². The third-order valence-electron chi connectivity index (χ3n) is 4.75. The first-order chi connectivity index (χ1) is 13.1. The molecule has 0 saturated heterocycles. The van der Waals surface area contributed by atoms with Crippen LogP contribution in [-0.4, -0.2) is 12.5 Å². The van der Waals surface area contributed by atoms with Gasteiger partial charge in [0.15, 0.2) is 0 Å². The SMILES string of the molecule is O=C(Nc1ccc(Br)cc1F)c1ccc(CN2CCc3ccccc32)cc1. The molecular weight excluding hydrogens is 407 g/mol. The highest BCUT2D eigenvalue weighted by molar-refractivity contribution is 9.10. The molecule has 1 N–H and O–H groups in total. The van der Waals surface area contributed by atoms with Crippen LogP contribution in [0.3, 0.4) is 0 Å². The number of hydrogen-bond donors (Lipinski definition) is 1. The van der Waals surface area contributed by atoms with Gasteiger partial charge < -0.3 is 10.2 Å². The third-order valence-corrected chi connectivity index (χ3v) is 5.25. The van der Waals surface area contributed by atoms with Crippen LogP contribution >= 0.6 is 15.9 Å². The van der Waals surface area contributed by atoms with Gasteiger partial charge in [-0.2, -0.15) is 0 Å². The number of carbonyl (C=O) groups excluding carboxylic acids is 1. The van der Waals surface area contributed by atoms with Crippen LogP contribution in [-0.2, 0) is 13.0 Å². The number of anilines is 2. The van der Waals surface area contributed by atoms with Crippen LogP contribution in [0.15, 0.2) is 71.2 Å². The van der Waals surface area contributed by atoms with Gasteiger partial charge in [0, 0.05) is 28.8 Å². The summed E-state index contributed by atoms with van der Waals surface area (Å²) in [5.74, 6) is -0.795. The first-order valence-electron chi connectivity index (χ1n) is 8.78. The molecule has 1 aliphatic rings. The lowest BCUT2D eigenvalue weighted by molar-refractivity contribution is 0.102. The third kappa shape index (κ3) is 3.88. The van der Waals surface area contributed by atoms with Gasteiger partial charge in [0.05, 0.1) is 5.69 Å². The number of benzene rings is 3. The maximum Gasteiger partial charge on any atom is 0.255 e. The zero-order valence-corrected chi connectivity index (χ0v) is 16.2. The topological polar surface area (TPSA) is 32.3 Å². The van der Waals surface area contributed by atoms with Gasteiger partial charge in [-0.25, -0.2) is 4.39 Å². The van der Waals surface area contributed by atoms with Crippen molar-refractivity contribution in [2.45, 2.75) is 13.0 Å². The summed E-state index contributed by atoms with van der Waals surface area (Å²) in [6, 6.07) is 20.5. The summed E-state index contributed by atoms with van der Waals surface area (Å²) < 4.78 is 14.5. The van der Waals surface area contributed by atoms with Crippen molar-refractivity contribution in [3.05, 3.63) is 93.7 Å². The number of fused-ring (bicyclic) bond motifs is 1. The molecule has 1 amide bonds. The summed E-state index contributed by atoms with van der Waals surface area (Å²) in [4.78, 5) is 14.7. The number of carbonyl (C=O) groups is 1. The van der Waals surface area contributed by atoms with Crippen molar-refractivity contribution < 1.29 is 9.18 Å². The zero-order valence-electron chi connectivity index (χ0n) is 14.6. The molecule has 4 rings (SSSR count). The van der Waals surface area contributed by atoms with Gasteiger partial charge in [-0.05, 0) is 53.9 Å². The Morgan fingerprint density at radius 2 is 1.85 bits per heavy atom. The summed E-state index contributed by atoms with van der Waals surface area (Å²) in [5, 5.41) is 2.61. The number of rotatable bonds is 4. The van der Waals surface area contributed by atoms with Crippen molar-refractivity contribution in [1.29, 1.82) is 0 Å². The molecule has 0 aromatic heterocycles. The summed E-state index contributed by atoms with van der Waals surface area (Å²) in [7, 11) is 0. The fraction of sp³-hybridized carbons (Fsp3) is 0.136. The minimum absolute atomic E-state index is 0.168. The highest BCUT2D eigenvalue weighted by Crippen LogP contribution is 2.29. The van der Waals surface area contributed by atoms with E-state index < -0.39 is 5.82 Å². The van der Waals surface area contributed by atoms with Gasteiger partial charge in [0.1, 0.15) is 5.82 Å². The van der Waals surface area contributed by atoms with E-state index in [4.69, 9.17) is 0 Å². The predicted octanol–water partition coefficient (Wildman–Crippen LogP) is 5.40. The molecule has 0 spiro atoms. The van der Waals surface area contributed by atoms with Crippen LogP contribution < -0.4 is 10.2 Å². The van der Waals surface area contributed by atoms with Crippen molar-refractivity contribution in [1.82, 2.24) is 0 Å². The first kappa shape index (κ1) is 17.7. The molecule has 3 nitrogen and oxygen atoms in total. The molecule has 3 aromatic rings. The van der Waals surface area contributed by atoms with E-state index in [0.29, 0.717) is 10.0 Å². The van der Waals surface area contributed by atoms with Crippen molar-refractivity contribution >= 4 is 33.2 Å². The van der Waals surface area contributed by atoms with Crippen LogP contribution in [0.5, 0.6) is 0 Å². The van der Waals surface area contributed by atoms with E-state index >= 15 is 0 Å². The van der Waals surface area contributed by atoms with E-state index in [0.717, 1.165) is 25.1 Å². The fourth-order valence-corrected chi connectivity index (χ4v) is 3.67. The maximum absolute atomic E-state index is 13.9. The van der Waals surface area contributed by atoms with Crippen LogP contribution in [0.1, 0.15) is 21.5 Å². The number of nitrogens with zero attached hydrogens (tertiary/aromatic N) is 1. The summed E-state index contributed by atoms with van der Waals surface area (Å²) in [6.45, 7) is 1.81. The number of nitrogens with one attached hydrogen (secondary N) is 1. The van der Waals surface area contributed by atoms with Crippen molar-refractivity contribution in [2.75, 3.05) is 16.8 Å². The highest BCUT2D eigenvalue weighted by Gasteiger charge is 2.18. The lowest BCUT2D eigenvalue weighted by Crippen LogP contribution is -2.19. The molecule has 0 bridgehead atoms. The Kier molecular flexibility index (Phi) is 4.94. The second kappa shape index (κ2) is 7.53. The molecule has 136 valence electrons. The van der Waals surface area contributed by atoms with Crippen molar-refractivity contribution in [3.8, 4) is 0 Å². The Bertz CT molecular complexity index is 988. The van der Waals surface area contributed by atoms with E-state index in [-0.39, 0.29) is 11.6 Å². The van der Waals surface area contributed by atoms with Gasteiger partial charge in [0.2, 0.25) is 0 Å². The smallest absolute Gasteiger partial charge is 0.255 e. The molecule has 1 aliphatic heterocycles. The summed E-state index contributed by atoms with van der Waals surface area (Å²) in [6.07, 6.45) is 1.06. The lowest BCUT2D eigenvalue weighted by Gasteiger charge is -2.19. The molecule has 0 atom stereocenters. The molecule has 0 unspecified atom stereocenters. The molecule has 27 heavy (non-hydrogen) atoms. The number of amides is 1. The van der Waals surface area contributed by atoms with Crippen LogP contribution in [0.4, 0.5) is 15.8 Å². The number of para-hydroxylation sites is 1. The van der Waals surface area contributed by atoms with Gasteiger partial charge >= 0.3 is 0 Å². The highest BCUT2D eigenvalue weighted by atomic mass is 79.9. The lowest BCUT2D eigenvalue weighted by atomic mass is 10.1. The summed E-state index contributed by atoms with van der Waals surface area (Å²) in [5.41, 5.74) is 4.47. The van der Waals surface area contributed by atoms with E-state index in [1.807, 2.05) is 12.1 Å². The largest absolute Gasteiger partial charge is 0.367 e. The molecule has 0 radical (unpaired) electrons. The van der Waals surface area contributed by atoms with Crippen molar-refractivity contribution in [2.24, 2.45) is 0 Å². The van der Waals surface area contributed by atoms with Crippen molar-refractivity contribution in [3.63, 3.8) is 0 Å². The van der Waals surface area contributed by atoms with E-state index in [9.17, 15) is 9.18 Å². The van der Waals surface area contributed by atoms with Crippen LogP contribution in [0.2, 0.25) is 0 Å². The molecule has 5 heteroatoms. The number of hydrogen-bond acceptors (Lipinski definition) is 2. The minimum Gasteiger partial charge on any atom is -0.367 e. The Hall–Kier alpha value is -2.66. The summed E-state index contributed by atoms with van der Waals surface area (Å²) >= 11 is 3.20. The second-order valence-corrected chi connectivity index (χ2v) is 7.49. The van der Waals surface area contributed by atoms with Gasteiger partial charge in [-0.15, -0.1) is 0 Å². The quantitative estimate of drug-likeness (QED) is 0.607. The maximum atomic E-state index is 13.9. The molecule has 0 saturated carbocycles. The minimum atomic E-state index is -0.470. The predicted molar refractivity (Wildman–Crippen MR) is 110 cm³/mol. The average molecular weight is 425 g/mol. The zero-order chi connectivity index (χ0) is 18.8. The Balaban J connectivity index is 1.44. The normalized spacial score (nSPS) is 12.7. The molecule has 0 fully saturated rings. The molecular formula is C22H18BrFN2O. The fourth-order valence-electron chi connectivity index (χ4n) is 3.34. The monoisotopic (exact) mass is 424 g/mol. The van der Waals surface area contributed by atoms with Crippen LogP contribution in [0, 0.1) is 5.82 Å². The first-order valence-corrected chi connectivity index (χ1v) is 9.58. The van der Waals surface area contributed by atoms with Gasteiger partial charge in [-0.1, -0.05) is 46.3 Å². The van der Waals surface area contributed by atoms with E-state index in [1.54, 1.807) is 18.2 Å². The van der Waals surface area contributed by atoms with Crippen LogP contribution in [0.25, 0.3) is 0 Å². The Morgan fingerprint density at radius 1 is 1.07 bits per heavy atom. The second-order valence-electron chi connectivity index (χ2n) is 6.58. The number of halogens is 2. The average Bonchev–Trinajstić information content (AvgIpc) is 3.08. The van der Waals surface area contributed by atoms with E-state index in [1.165, 1.54) is 23.4 Å². The molecule has 0 aliphatic carbocycles. The molecule has 3 aromatic carbocycles. The van der Waals surface area contributed by atoms with Gasteiger partial charge in [-0.3, -0.25) is 4.79 Å².